The van der Waals surface area contributed by atoms with Gasteiger partial charge in [-0.2, -0.15) is 5.26 Å². The molecule has 0 bridgehead atoms. The lowest BCUT2D eigenvalue weighted by Gasteiger charge is -2.17. The number of aromatic nitrogens is 3. The molecule has 0 fully saturated rings. The van der Waals surface area contributed by atoms with Crippen LogP contribution in [0.25, 0.3) is 5.69 Å². The molecule has 0 unspecified atom stereocenters. The van der Waals surface area contributed by atoms with Gasteiger partial charge in [0, 0.05) is 16.2 Å². The first-order chi connectivity index (χ1) is 18.3. The van der Waals surface area contributed by atoms with E-state index in [9.17, 15) is 15.4 Å². The number of nitriles is 1. The summed E-state index contributed by atoms with van der Waals surface area (Å²) in [4.78, 5) is 11.2. The summed E-state index contributed by atoms with van der Waals surface area (Å²) in [6.45, 7) is 1.48. The van der Waals surface area contributed by atoms with Gasteiger partial charge in [0.05, 0.1) is 28.8 Å². The van der Waals surface area contributed by atoms with E-state index in [2.05, 4.69) is 16.3 Å². The van der Waals surface area contributed by atoms with Crippen molar-refractivity contribution in [3.05, 3.63) is 103 Å². The molecule has 38 heavy (non-hydrogen) atoms. The first-order valence-corrected chi connectivity index (χ1v) is 12.9. The van der Waals surface area contributed by atoms with E-state index in [1.54, 1.807) is 50.4 Å². The molecule has 1 heterocycles. The van der Waals surface area contributed by atoms with Crippen LogP contribution in [-0.2, 0) is 6.61 Å². The second-order valence-electron chi connectivity index (χ2n) is 8.06. The summed E-state index contributed by atoms with van der Waals surface area (Å²) in [5, 5.41) is 29.5. The molecule has 12 heteroatoms. The lowest BCUT2D eigenvalue weighted by Crippen LogP contribution is -2.11. The fraction of sp³-hybridized carbons (Fsp3) is 0.192. The van der Waals surface area contributed by atoms with Gasteiger partial charge in [-0.05, 0) is 55.0 Å². The van der Waals surface area contributed by atoms with E-state index in [0.29, 0.717) is 33.4 Å². The highest BCUT2D eigenvalue weighted by molar-refractivity contribution is 7.99. The van der Waals surface area contributed by atoms with Crippen molar-refractivity contribution < 1.29 is 14.4 Å². The number of hydrogen-bond acceptors (Lipinski definition) is 8. The largest absolute Gasteiger partial charge is 0.497 e. The molecule has 0 amide bonds. The molecule has 4 rings (SSSR count). The van der Waals surface area contributed by atoms with Gasteiger partial charge < -0.3 is 9.47 Å². The molecule has 9 nitrogen and oxygen atoms in total. The Morgan fingerprint density at radius 2 is 1.82 bits per heavy atom. The van der Waals surface area contributed by atoms with Crippen LogP contribution in [-0.4, -0.2) is 33.3 Å². The zero-order valence-electron chi connectivity index (χ0n) is 20.3. The third-order valence-electron chi connectivity index (χ3n) is 5.59. The predicted molar refractivity (Wildman–Crippen MR) is 145 cm³/mol. The Labute approximate surface area is 233 Å². The average Bonchev–Trinajstić information content (AvgIpc) is 3.27. The molecule has 0 N–H and O–H groups in total. The molecular weight excluding hydrogens is 549 g/mol. The minimum absolute atomic E-state index is 0.0832. The van der Waals surface area contributed by atoms with Crippen molar-refractivity contribution >= 4 is 35.0 Å². The second kappa shape index (κ2) is 12.2. The maximum atomic E-state index is 11.6. The SMILES string of the molecule is COc1ccc(-n2c(C)nnc2S[C@H](C[N+](=O)[O-])c2cc(Cl)c(OCc3ccccc3C#N)c(Cl)c2)cc1. The van der Waals surface area contributed by atoms with Gasteiger partial charge in [0.25, 0.3) is 0 Å². The van der Waals surface area contributed by atoms with Crippen LogP contribution in [0.2, 0.25) is 10.0 Å². The number of nitro groups is 1. The number of benzene rings is 3. The monoisotopic (exact) mass is 569 g/mol. The van der Waals surface area contributed by atoms with Gasteiger partial charge in [-0.25, -0.2) is 0 Å². The number of hydrogen-bond donors (Lipinski definition) is 0. The standard InChI is InChI=1S/C26H21Cl2N5O4S/c1-16-30-31-26(33(16)20-7-9-21(36-2)10-8-20)38-24(14-32(34)35)19-11-22(27)25(23(28)12-19)37-15-18-6-4-3-5-17(18)13-29/h3-12,24H,14-15H2,1-2H3/t24-/m1/s1. The first kappa shape index (κ1) is 27.3. The lowest BCUT2D eigenvalue weighted by atomic mass is 10.1. The molecule has 4 aromatic rings. The third-order valence-corrected chi connectivity index (χ3v) is 7.33. The van der Waals surface area contributed by atoms with Crippen molar-refractivity contribution in [2.75, 3.05) is 13.7 Å². The van der Waals surface area contributed by atoms with Crippen LogP contribution in [0.3, 0.4) is 0 Å². The molecular formula is C26H21Cl2N5O4S. The summed E-state index contributed by atoms with van der Waals surface area (Å²) in [7, 11) is 1.58. The van der Waals surface area contributed by atoms with Crippen LogP contribution in [0.1, 0.15) is 27.8 Å². The number of halogens is 2. The highest BCUT2D eigenvalue weighted by Crippen LogP contribution is 2.42. The number of thioether (sulfide) groups is 1. The third kappa shape index (κ3) is 6.19. The van der Waals surface area contributed by atoms with Crippen LogP contribution in [0.15, 0.2) is 65.8 Å². The molecule has 194 valence electrons. The van der Waals surface area contributed by atoms with Gasteiger partial charge in [-0.3, -0.25) is 14.7 Å². The van der Waals surface area contributed by atoms with Crippen molar-refractivity contribution in [2.45, 2.75) is 23.9 Å². The first-order valence-electron chi connectivity index (χ1n) is 11.2. The average molecular weight is 570 g/mol. The summed E-state index contributed by atoms with van der Waals surface area (Å²) >= 11 is 14.2. The van der Waals surface area contributed by atoms with Crippen LogP contribution in [0, 0.1) is 28.4 Å². The molecule has 0 saturated heterocycles. The van der Waals surface area contributed by atoms with E-state index in [0.717, 1.165) is 5.69 Å². The van der Waals surface area contributed by atoms with E-state index < -0.39 is 16.7 Å². The van der Waals surface area contributed by atoms with Crippen molar-refractivity contribution in [3.8, 4) is 23.3 Å². The van der Waals surface area contributed by atoms with Crippen molar-refractivity contribution in [1.82, 2.24) is 14.8 Å². The Morgan fingerprint density at radius 1 is 1.13 bits per heavy atom. The van der Waals surface area contributed by atoms with Crippen LogP contribution < -0.4 is 9.47 Å². The quantitative estimate of drug-likeness (QED) is 0.121. The zero-order chi connectivity index (χ0) is 27.2. The maximum Gasteiger partial charge on any atom is 0.220 e. The molecule has 0 aliphatic rings. The topological polar surface area (TPSA) is 116 Å². The number of nitrogens with zero attached hydrogens (tertiary/aromatic N) is 5. The van der Waals surface area contributed by atoms with Gasteiger partial charge >= 0.3 is 0 Å². The fourth-order valence-corrected chi connectivity index (χ4v) is 5.50. The Morgan fingerprint density at radius 3 is 2.45 bits per heavy atom. The molecule has 3 aromatic carbocycles. The summed E-state index contributed by atoms with van der Waals surface area (Å²) in [6.07, 6.45) is 0. The van der Waals surface area contributed by atoms with Crippen LogP contribution in [0.4, 0.5) is 0 Å². The van der Waals surface area contributed by atoms with Gasteiger partial charge in [0.15, 0.2) is 10.9 Å². The van der Waals surface area contributed by atoms with Crippen molar-refractivity contribution in [3.63, 3.8) is 0 Å². The van der Waals surface area contributed by atoms with Gasteiger partial charge in [0.2, 0.25) is 6.54 Å². The smallest absolute Gasteiger partial charge is 0.220 e. The molecule has 1 atom stereocenters. The summed E-state index contributed by atoms with van der Waals surface area (Å²) < 4.78 is 12.9. The Kier molecular flexibility index (Phi) is 8.73. The highest BCUT2D eigenvalue weighted by atomic mass is 35.5. The molecule has 0 aliphatic carbocycles. The lowest BCUT2D eigenvalue weighted by molar-refractivity contribution is -0.479. The highest BCUT2D eigenvalue weighted by Gasteiger charge is 2.26. The Balaban J connectivity index is 1.62. The Hall–Kier alpha value is -3.78. The molecule has 0 radical (unpaired) electrons. The van der Waals surface area contributed by atoms with Crippen molar-refractivity contribution in [2.24, 2.45) is 0 Å². The normalized spacial score (nSPS) is 11.6. The van der Waals surface area contributed by atoms with Crippen LogP contribution >= 0.6 is 35.0 Å². The van der Waals surface area contributed by atoms with E-state index in [1.165, 1.54) is 11.8 Å². The van der Waals surface area contributed by atoms with Gasteiger partial charge in [-0.1, -0.05) is 53.2 Å². The number of methoxy groups -OCH3 is 1. The van der Waals surface area contributed by atoms with E-state index in [-0.39, 0.29) is 22.4 Å². The van der Waals surface area contributed by atoms with E-state index in [1.807, 2.05) is 28.8 Å². The zero-order valence-corrected chi connectivity index (χ0v) is 22.6. The molecule has 0 spiro atoms. The maximum absolute atomic E-state index is 11.6. The second-order valence-corrected chi connectivity index (χ2v) is 10.0. The number of ether oxygens (including phenoxy) is 2. The minimum Gasteiger partial charge on any atom is -0.497 e. The van der Waals surface area contributed by atoms with Gasteiger partial charge in [0.1, 0.15) is 23.4 Å². The number of rotatable bonds is 10. The molecule has 0 aliphatic heterocycles. The van der Waals surface area contributed by atoms with Crippen LogP contribution in [0.5, 0.6) is 11.5 Å². The molecule has 0 saturated carbocycles. The van der Waals surface area contributed by atoms with E-state index in [4.69, 9.17) is 32.7 Å². The minimum atomic E-state index is -0.672. The number of aryl methyl sites for hydroxylation is 1. The van der Waals surface area contributed by atoms with Gasteiger partial charge in [-0.15, -0.1) is 10.2 Å². The summed E-state index contributed by atoms with van der Waals surface area (Å²) in [6, 6.07) is 19.7. The summed E-state index contributed by atoms with van der Waals surface area (Å²) in [5.74, 6) is 1.55. The summed E-state index contributed by atoms with van der Waals surface area (Å²) in [5.41, 5.74) is 2.48. The Bertz CT molecular complexity index is 1480. The fourth-order valence-electron chi connectivity index (χ4n) is 3.73. The predicted octanol–water partition coefficient (Wildman–Crippen LogP) is 6.45. The molecule has 1 aromatic heterocycles. The van der Waals surface area contributed by atoms with E-state index >= 15 is 0 Å². The van der Waals surface area contributed by atoms with Crippen molar-refractivity contribution in [1.29, 1.82) is 5.26 Å².